The largest absolute Gasteiger partial charge is 0.490 e. The molecule has 6 nitrogen and oxygen atoms in total. The molecule has 1 aliphatic rings. The maximum atomic E-state index is 11.5. The van der Waals surface area contributed by atoms with Crippen LogP contribution in [-0.2, 0) is 10.0 Å². The van der Waals surface area contributed by atoms with Crippen molar-refractivity contribution in [1.29, 1.82) is 0 Å². The number of hydrogen-bond acceptors (Lipinski definition) is 5. The van der Waals surface area contributed by atoms with E-state index in [9.17, 15) is 8.42 Å². The molecule has 0 amide bonds. The van der Waals surface area contributed by atoms with Crippen molar-refractivity contribution < 1.29 is 13.2 Å². The van der Waals surface area contributed by atoms with Gasteiger partial charge in [-0.05, 0) is 31.0 Å². The van der Waals surface area contributed by atoms with Crippen LogP contribution in [0.3, 0.4) is 0 Å². The monoisotopic (exact) mass is 341 g/mol. The van der Waals surface area contributed by atoms with Crippen molar-refractivity contribution in [2.24, 2.45) is 0 Å². The molecule has 0 unspecified atom stereocenters. The van der Waals surface area contributed by atoms with Gasteiger partial charge in [-0.3, -0.25) is 0 Å². The van der Waals surface area contributed by atoms with Crippen molar-refractivity contribution in [3.05, 3.63) is 29.7 Å². The normalized spacial score (nSPS) is 17.7. The fourth-order valence-electron chi connectivity index (χ4n) is 2.55. The Balaban J connectivity index is 1.71. The summed E-state index contributed by atoms with van der Waals surface area (Å²) >= 11 is 6.06. The first kappa shape index (κ1) is 15.5. The number of piperidine rings is 1. The standard InChI is InChI=1S/C14H16ClN3O3S/c1-22(19,20)18-6-4-10(5-7-18)21-11-2-3-13-12(8-11)14(15)17-9-16-13/h2-3,8-10H,4-7H2,1H3. The van der Waals surface area contributed by atoms with E-state index in [1.807, 2.05) is 18.2 Å². The minimum absolute atomic E-state index is 0.00106. The lowest BCUT2D eigenvalue weighted by Crippen LogP contribution is -2.41. The van der Waals surface area contributed by atoms with E-state index in [1.54, 1.807) is 0 Å². The van der Waals surface area contributed by atoms with Crippen molar-refractivity contribution in [2.75, 3.05) is 19.3 Å². The van der Waals surface area contributed by atoms with Crippen LogP contribution in [0.1, 0.15) is 12.8 Å². The van der Waals surface area contributed by atoms with E-state index >= 15 is 0 Å². The van der Waals surface area contributed by atoms with Gasteiger partial charge in [0, 0.05) is 18.5 Å². The van der Waals surface area contributed by atoms with Gasteiger partial charge in [0.05, 0.1) is 11.8 Å². The van der Waals surface area contributed by atoms with Crippen LogP contribution >= 0.6 is 11.6 Å². The SMILES string of the molecule is CS(=O)(=O)N1CCC(Oc2ccc3ncnc(Cl)c3c2)CC1. The fraction of sp³-hybridized carbons (Fsp3) is 0.429. The van der Waals surface area contributed by atoms with Gasteiger partial charge in [0.2, 0.25) is 10.0 Å². The highest BCUT2D eigenvalue weighted by atomic mass is 35.5. The Labute approximate surface area is 134 Å². The van der Waals surface area contributed by atoms with Gasteiger partial charge in [0.25, 0.3) is 0 Å². The molecule has 0 spiro atoms. The first-order chi connectivity index (χ1) is 10.4. The fourth-order valence-corrected chi connectivity index (χ4v) is 3.62. The Morgan fingerprint density at radius 3 is 2.68 bits per heavy atom. The highest BCUT2D eigenvalue weighted by Gasteiger charge is 2.25. The van der Waals surface area contributed by atoms with Crippen LogP contribution in [0.2, 0.25) is 5.15 Å². The molecule has 2 heterocycles. The highest BCUT2D eigenvalue weighted by molar-refractivity contribution is 7.88. The molecule has 1 fully saturated rings. The Morgan fingerprint density at radius 2 is 2.00 bits per heavy atom. The van der Waals surface area contributed by atoms with E-state index in [-0.39, 0.29) is 6.10 Å². The average molecular weight is 342 g/mol. The summed E-state index contributed by atoms with van der Waals surface area (Å²) in [6, 6.07) is 5.50. The van der Waals surface area contributed by atoms with Crippen LogP contribution in [0.15, 0.2) is 24.5 Å². The zero-order chi connectivity index (χ0) is 15.7. The van der Waals surface area contributed by atoms with Crippen LogP contribution in [0, 0.1) is 0 Å². The minimum Gasteiger partial charge on any atom is -0.490 e. The van der Waals surface area contributed by atoms with Crippen LogP contribution in [0.25, 0.3) is 10.9 Å². The summed E-state index contributed by atoms with van der Waals surface area (Å²) in [5.41, 5.74) is 0.763. The number of halogens is 1. The van der Waals surface area contributed by atoms with E-state index in [0.717, 1.165) is 10.9 Å². The van der Waals surface area contributed by atoms with Gasteiger partial charge in [-0.1, -0.05) is 11.6 Å². The van der Waals surface area contributed by atoms with E-state index in [1.165, 1.54) is 16.9 Å². The lowest BCUT2D eigenvalue weighted by atomic mass is 10.1. The maximum absolute atomic E-state index is 11.5. The lowest BCUT2D eigenvalue weighted by molar-refractivity contribution is 0.135. The lowest BCUT2D eigenvalue weighted by Gasteiger charge is -2.30. The summed E-state index contributed by atoms with van der Waals surface area (Å²) in [7, 11) is -3.11. The van der Waals surface area contributed by atoms with Crippen molar-refractivity contribution in [1.82, 2.24) is 14.3 Å². The molecule has 0 N–H and O–H groups in total. The number of rotatable bonds is 3. The number of hydrogen-bond donors (Lipinski definition) is 0. The molecule has 0 saturated carbocycles. The molecule has 8 heteroatoms. The van der Waals surface area contributed by atoms with Gasteiger partial charge in [0.15, 0.2) is 0 Å². The van der Waals surface area contributed by atoms with Crippen molar-refractivity contribution in [3.8, 4) is 5.75 Å². The van der Waals surface area contributed by atoms with Crippen LogP contribution in [0.4, 0.5) is 0 Å². The van der Waals surface area contributed by atoms with Crippen LogP contribution in [0.5, 0.6) is 5.75 Å². The molecule has 0 radical (unpaired) electrons. The second-order valence-corrected chi connectivity index (χ2v) is 7.66. The minimum atomic E-state index is -3.11. The third kappa shape index (κ3) is 3.31. The summed E-state index contributed by atoms with van der Waals surface area (Å²) in [4.78, 5) is 8.10. The third-order valence-corrected chi connectivity index (χ3v) is 5.34. The third-order valence-electron chi connectivity index (χ3n) is 3.73. The topological polar surface area (TPSA) is 72.4 Å². The second kappa shape index (κ2) is 5.98. The number of aromatic nitrogens is 2. The number of fused-ring (bicyclic) bond motifs is 1. The predicted molar refractivity (Wildman–Crippen MR) is 84.6 cm³/mol. The van der Waals surface area contributed by atoms with Crippen molar-refractivity contribution >= 4 is 32.5 Å². The Bertz CT molecular complexity index is 789. The number of sulfonamides is 1. The summed E-state index contributed by atoms with van der Waals surface area (Å²) in [6.45, 7) is 0.974. The van der Waals surface area contributed by atoms with Gasteiger partial charge in [-0.15, -0.1) is 0 Å². The summed E-state index contributed by atoms with van der Waals surface area (Å²) < 4.78 is 30.4. The van der Waals surface area contributed by atoms with Crippen molar-refractivity contribution in [3.63, 3.8) is 0 Å². The Hall–Kier alpha value is -1.44. The molecule has 2 aromatic rings. The summed E-state index contributed by atoms with van der Waals surface area (Å²) in [5, 5.41) is 1.14. The van der Waals surface area contributed by atoms with E-state index in [4.69, 9.17) is 16.3 Å². The van der Waals surface area contributed by atoms with Crippen LogP contribution in [-0.4, -0.2) is 48.1 Å². The first-order valence-electron chi connectivity index (χ1n) is 6.95. The second-order valence-electron chi connectivity index (χ2n) is 5.32. The Morgan fingerprint density at radius 1 is 1.27 bits per heavy atom. The van der Waals surface area contributed by atoms with Gasteiger partial charge >= 0.3 is 0 Å². The molecule has 1 aliphatic heterocycles. The van der Waals surface area contributed by atoms with E-state index in [0.29, 0.717) is 36.8 Å². The molecule has 0 bridgehead atoms. The van der Waals surface area contributed by atoms with Crippen molar-refractivity contribution in [2.45, 2.75) is 18.9 Å². The summed E-state index contributed by atoms with van der Waals surface area (Å²) in [6.07, 6.45) is 4.00. The predicted octanol–water partition coefficient (Wildman–Crippen LogP) is 2.09. The molecule has 3 rings (SSSR count). The molecular formula is C14H16ClN3O3S. The maximum Gasteiger partial charge on any atom is 0.211 e. The molecule has 1 saturated heterocycles. The smallest absolute Gasteiger partial charge is 0.211 e. The van der Waals surface area contributed by atoms with Gasteiger partial charge in [0.1, 0.15) is 23.3 Å². The molecule has 118 valence electrons. The molecule has 0 aliphatic carbocycles. The molecule has 0 atom stereocenters. The van der Waals surface area contributed by atoms with Gasteiger partial charge < -0.3 is 4.74 Å². The number of benzene rings is 1. The number of nitrogens with zero attached hydrogens (tertiary/aromatic N) is 3. The van der Waals surface area contributed by atoms with E-state index < -0.39 is 10.0 Å². The highest BCUT2D eigenvalue weighted by Crippen LogP contribution is 2.26. The first-order valence-corrected chi connectivity index (χ1v) is 9.18. The van der Waals surface area contributed by atoms with Gasteiger partial charge in [-0.2, -0.15) is 0 Å². The quantitative estimate of drug-likeness (QED) is 0.799. The molecule has 1 aromatic heterocycles. The zero-order valence-electron chi connectivity index (χ0n) is 12.1. The van der Waals surface area contributed by atoms with Gasteiger partial charge in [-0.25, -0.2) is 22.7 Å². The molecular weight excluding hydrogens is 326 g/mol. The number of ether oxygens (including phenoxy) is 1. The molecule has 22 heavy (non-hydrogen) atoms. The zero-order valence-corrected chi connectivity index (χ0v) is 13.6. The average Bonchev–Trinajstić information content (AvgIpc) is 2.48. The molecule has 1 aromatic carbocycles. The van der Waals surface area contributed by atoms with Crippen LogP contribution < -0.4 is 4.74 Å². The summed E-state index contributed by atoms with van der Waals surface area (Å²) in [5.74, 6) is 0.696. The Kier molecular flexibility index (Phi) is 4.20. The van der Waals surface area contributed by atoms with E-state index in [2.05, 4.69) is 9.97 Å².